The minimum absolute atomic E-state index is 0.126. The number of benzene rings is 2. The van der Waals surface area contributed by atoms with Gasteiger partial charge in [-0.2, -0.15) is 0 Å². The largest absolute Gasteiger partial charge is 0.490 e. The first-order valence-corrected chi connectivity index (χ1v) is 7.89. The third-order valence-corrected chi connectivity index (χ3v) is 3.66. The molecule has 122 valence electrons. The third-order valence-electron chi connectivity index (χ3n) is 3.43. The van der Waals surface area contributed by atoms with Crippen molar-refractivity contribution in [2.24, 2.45) is 0 Å². The summed E-state index contributed by atoms with van der Waals surface area (Å²) in [6.07, 6.45) is 0.729. The first-order valence-electron chi connectivity index (χ1n) is 7.51. The predicted octanol–water partition coefficient (Wildman–Crippen LogP) is 4.91. The molecule has 0 unspecified atom stereocenters. The number of halogens is 1. The lowest BCUT2D eigenvalue weighted by Crippen LogP contribution is -2.12. The summed E-state index contributed by atoms with van der Waals surface area (Å²) in [5.41, 5.74) is 1.83. The number of hydrogen-bond donors (Lipinski definition) is 0. The normalized spacial score (nSPS) is 11.1. The van der Waals surface area contributed by atoms with Crippen molar-refractivity contribution >= 4 is 17.9 Å². The lowest BCUT2D eigenvalue weighted by molar-refractivity contribution is 0.111. The predicted molar refractivity (Wildman–Crippen MR) is 93.0 cm³/mol. The standard InChI is InChI=1S/C19H21ClO3/c1-19(2,3)15-4-7-17(8-5-15)22-10-11-23-18-9-6-16(20)12-14(18)13-21/h4-9,12-13H,10-11H2,1-3H3. The molecule has 0 saturated carbocycles. The molecule has 2 aromatic rings. The average Bonchev–Trinajstić information content (AvgIpc) is 2.52. The summed E-state index contributed by atoms with van der Waals surface area (Å²) in [7, 11) is 0. The van der Waals surface area contributed by atoms with E-state index < -0.39 is 0 Å². The maximum absolute atomic E-state index is 11.0. The van der Waals surface area contributed by atoms with E-state index in [9.17, 15) is 4.79 Å². The van der Waals surface area contributed by atoms with E-state index in [0.717, 1.165) is 12.0 Å². The van der Waals surface area contributed by atoms with E-state index in [4.69, 9.17) is 21.1 Å². The van der Waals surface area contributed by atoms with Gasteiger partial charge in [0.2, 0.25) is 0 Å². The van der Waals surface area contributed by atoms with Gasteiger partial charge in [0.1, 0.15) is 24.7 Å². The van der Waals surface area contributed by atoms with Crippen LogP contribution in [0.5, 0.6) is 11.5 Å². The van der Waals surface area contributed by atoms with Crippen molar-refractivity contribution in [1.29, 1.82) is 0 Å². The van der Waals surface area contributed by atoms with Gasteiger partial charge in [0.05, 0.1) is 5.56 Å². The Morgan fingerprint density at radius 1 is 1.00 bits per heavy atom. The molecule has 23 heavy (non-hydrogen) atoms. The second-order valence-corrected chi connectivity index (χ2v) is 6.71. The van der Waals surface area contributed by atoms with E-state index in [1.807, 2.05) is 12.1 Å². The zero-order valence-electron chi connectivity index (χ0n) is 13.6. The molecule has 3 nitrogen and oxygen atoms in total. The van der Waals surface area contributed by atoms with Gasteiger partial charge in [-0.05, 0) is 41.3 Å². The monoisotopic (exact) mass is 332 g/mol. The van der Waals surface area contributed by atoms with Crippen LogP contribution in [0.25, 0.3) is 0 Å². The minimum atomic E-state index is 0.126. The fraction of sp³-hybridized carbons (Fsp3) is 0.316. The highest BCUT2D eigenvalue weighted by molar-refractivity contribution is 6.30. The highest BCUT2D eigenvalue weighted by atomic mass is 35.5. The molecule has 0 bridgehead atoms. The number of carbonyl (C=O) groups excluding carboxylic acids is 1. The van der Waals surface area contributed by atoms with Gasteiger partial charge in [-0.15, -0.1) is 0 Å². The summed E-state index contributed by atoms with van der Waals surface area (Å²) < 4.78 is 11.2. The number of ether oxygens (including phenoxy) is 2. The maximum atomic E-state index is 11.0. The summed E-state index contributed by atoms with van der Waals surface area (Å²) in [6, 6.07) is 13.0. The van der Waals surface area contributed by atoms with Gasteiger partial charge < -0.3 is 9.47 Å². The van der Waals surface area contributed by atoms with Crippen LogP contribution >= 0.6 is 11.6 Å². The van der Waals surface area contributed by atoms with E-state index in [1.165, 1.54) is 5.56 Å². The van der Waals surface area contributed by atoms with E-state index in [-0.39, 0.29) is 5.41 Å². The molecule has 0 aliphatic rings. The molecule has 0 aliphatic heterocycles. The topological polar surface area (TPSA) is 35.5 Å². The molecule has 0 amide bonds. The summed E-state index contributed by atoms with van der Waals surface area (Å²) >= 11 is 5.84. The quantitative estimate of drug-likeness (QED) is 0.557. The Bertz CT molecular complexity index is 657. The fourth-order valence-electron chi connectivity index (χ4n) is 2.11. The molecular weight excluding hydrogens is 312 g/mol. The number of rotatable bonds is 6. The summed E-state index contributed by atoms with van der Waals surface area (Å²) in [4.78, 5) is 11.0. The van der Waals surface area contributed by atoms with Gasteiger partial charge >= 0.3 is 0 Å². The zero-order chi connectivity index (χ0) is 16.9. The molecule has 0 N–H and O–H groups in total. The Morgan fingerprint density at radius 3 is 2.26 bits per heavy atom. The Hall–Kier alpha value is -2.00. The molecule has 0 spiro atoms. The summed E-state index contributed by atoms with van der Waals surface area (Å²) in [5.74, 6) is 1.31. The van der Waals surface area contributed by atoms with Crippen molar-refractivity contribution < 1.29 is 14.3 Å². The molecule has 0 radical (unpaired) electrons. The molecule has 0 aromatic heterocycles. The van der Waals surface area contributed by atoms with E-state index in [2.05, 4.69) is 32.9 Å². The van der Waals surface area contributed by atoms with Gasteiger partial charge in [0, 0.05) is 5.02 Å². The highest BCUT2D eigenvalue weighted by Crippen LogP contribution is 2.24. The minimum Gasteiger partial charge on any atom is -0.490 e. The Balaban J connectivity index is 1.85. The number of carbonyl (C=O) groups is 1. The van der Waals surface area contributed by atoms with E-state index >= 15 is 0 Å². The number of aldehydes is 1. The van der Waals surface area contributed by atoms with Gasteiger partial charge in [-0.1, -0.05) is 44.5 Å². The van der Waals surface area contributed by atoms with Crippen LogP contribution < -0.4 is 9.47 Å². The summed E-state index contributed by atoms with van der Waals surface area (Å²) in [6.45, 7) is 7.27. The fourth-order valence-corrected chi connectivity index (χ4v) is 2.29. The first-order chi connectivity index (χ1) is 10.9. The van der Waals surface area contributed by atoms with Crippen molar-refractivity contribution in [3.63, 3.8) is 0 Å². The Morgan fingerprint density at radius 2 is 1.65 bits per heavy atom. The van der Waals surface area contributed by atoms with Crippen LogP contribution in [0.2, 0.25) is 5.02 Å². The Labute approximate surface area is 142 Å². The van der Waals surface area contributed by atoms with Crippen molar-refractivity contribution in [3.8, 4) is 11.5 Å². The lowest BCUT2D eigenvalue weighted by atomic mass is 9.87. The van der Waals surface area contributed by atoms with Crippen LogP contribution in [0.1, 0.15) is 36.7 Å². The van der Waals surface area contributed by atoms with Crippen LogP contribution in [-0.4, -0.2) is 19.5 Å². The van der Waals surface area contributed by atoms with Crippen LogP contribution in [0, 0.1) is 0 Å². The van der Waals surface area contributed by atoms with Crippen molar-refractivity contribution in [3.05, 3.63) is 58.6 Å². The van der Waals surface area contributed by atoms with Gasteiger partial charge in [0.15, 0.2) is 6.29 Å². The molecule has 4 heteroatoms. The molecule has 2 aromatic carbocycles. The average molecular weight is 333 g/mol. The molecular formula is C19H21ClO3. The van der Waals surface area contributed by atoms with Crippen LogP contribution in [-0.2, 0) is 5.41 Å². The van der Waals surface area contributed by atoms with E-state index in [1.54, 1.807) is 18.2 Å². The Kier molecular flexibility index (Phi) is 5.67. The number of hydrogen-bond acceptors (Lipinski definition) is 3. The molecule has 2 rings (SSSR count). The van der Waals surface area contributed by atoms with Crippen molar-refractivity contribution in [2.45, 2.75) is 26.2 Å². The molecule has 0 saturated heterocycles. The molecule has 0 heterocycles. The molecule has 0 aliphatic carbocycles. The lowest BCUT2D eigenvalue weighted by Gasteiger charge is -2.19. The highest BCUT2D eigenvalue weighted by Gasteiger charge is 2.12. The van der Waals surface area contributed by atoms with E-state index in [0.29, 0.717) is 29.5 Å². The van der Waals surface area contributed by atoms with Crippen LogP contribution in [0.4, 0.5) is 0 Å². The second kappa shape index (κ2) is 7.51. The second-order valence-electron chi connectivity index (χ2n) is 6.27. The van der Waals surface area contributed by atoms with Gasteiger partial charge in [-0.3, -0.25) is 4.79 Å². The molecule has 0 atom stereocenters. The SMILES string of the molecule is CC(C)(C)c1ccc(OCCOc2ccc(Cl)cc2C=O)cc1. The summed E-state index contributed by atoms with van der Waals surface area (Å²) in [5, 5.41) is 0.509. The van der Waals surface area contributed by atoms with Gasteiger partial charge in [-0.25, -0.2) is 0 Å². The van der Waals surface area contributed by atoms with Gasteiger partial charge in [0.25, 0.3) is 0 Å². The first kappa shape index (κ1) is 17.4. The maximum Gasteiger partial charge on any atom is 0.153 e. The smallest absolute Gasteiger partial charge is 0.153 e. The third kappa shape index (κ3) is 5.00. The van der Waals surface area contributed by atoms with Crippen molar-refractivity contribution in [2.75, 3.05) is 13.2 Å². The van der Waals surface area contributed by atoms with Crippen LogP contribution in [0.3, 0.4) is 0 Å². The van der Waals surface area contributed by atoms with Crippen molar-refractivity contribution in [1.82, 2.24) is 0 Å². The van der Waals surface area contributed by atoms with Crippen LogP contribution in [0.15, 0.2) is 42.5 Å². The zero-order valence-corrected chi connectivity index (χ0v) is 14.4. The molecule has 0 fully saturated rings.